The molecule has 0 bridgehead atoms. The second kappa shape index (κ2) is 13.9. The van der Waals surface area contributed by atoms with Gasteiger partial charge in [0.1, 0.15) is 25.0 Å². The Morgan fingerprint density at radius 2 is 1.97 bits per heavy atom. The highest BCUT2D eigenvalue weighted by molar-refractivity contribution is 5.93. The van der Waals surface area contributed by atoms with Crippen molar-refractivity contribution in [3.63, 3.8) is 0 Å². The Morgan fingerprint density at radius 1 is 1.24 bits per heavy atom. The van der Waals surface area contributed by atoms with Gasteiger partial charge >= 0.3 is 0 Å². The van der Waals surface area contributed by atoms with Crippen LogP contribution in [-0.4, -0.2) is 79.8 Å². The summed E-state index contributed by atoms with van der Waals surface area (Å²) in [6, 6.07) is 7.04. The number of hydrogen-bond donors (Lipinski definition) is 4. The number of rotatable bonds is 13. The SMILES string of the molecule is COCC(=O)N[C@H](Cc1ccccc1)C(=O)N1CCC[C@H]1C(=O)N[C@H](C=O)CCCN=C(N)N. The van der Waals surface area contributed by atoms with Crippen molar-refractivity contribution in [2.75, 3.05) is 26.8 Å². The van der Waals surface area contributed by atoms with Crippen LogP contribution in [0, 0.1) is 0 Å². The lowest BCUT2D eigenvalue weighted by Gasteiger charge is -2.29. The molecule has 1 aromatic rings. The van der Waals surface area contributed by atoms with E-state index in [9.17, 15) is 19.2 Å². The third-order valence-corrected chi connectivity index (χ3v) is 5.49. The van der Waals surface area contributed by atoms with Crippen molar-refractivity contribution >= 4 is 30.0 Å². The average Bonchev–Trinajstić information content (AvgIpc) is 3.31. The van der Waals surface area contributed by atoms with Crippen LogP contribution in [0.1, 0.15) is 31.2 Å². The first-order valence-corrected chi connectivity index (χ1v) is 11.3. The van der Waals surface area contributed by atoms with E-state index in [4.69, 9.17) is 16.2 Å². The summed E-state index contributed by atoms with van der Waals surface area (Å²) in [5.74, 6) is -1.19. The third kappa shape index (κ3) is 8.47. The van der Waals surface area contributed by atoms with Crippen LogP contribution in [0.2, 0.25) is 0 Å². The van der Waals surface area contributed by atoms with Gasteiger partial charge in [0.2, 0.25) is 17.7 Å². The Labute approximate surface area is 199 Å². The maximum absolute atomic E-state index is 13.4. The molecule has 2 rings (SSSR count). The van der Waals surface area contributed by atoms with E-state index in [-0.39, 0.29) is 24.9 Å². The molecule has 11 heteroatoms. The van der Waals surface area contributed by atoms with Gasteiger partial charge in [-0.15, -0.1) is 0 Å². The number of methoxy groups -OCH3 is 1. The number of guanidine groups is 1. The fourth-order valence-electron chi connectivity index (χ4n) is 3.89. The quantitative estimate of drug-likeness (QED) is 0.124. The molecule has 186 valence electrons. The first-order chi connectivity index (χ1) is 16.3. The molecule has 1 aliphatic rings. The van der Waals surface area contributed by atoms with E-state index in [0.717, 1.165) is 5.56 Å². The smallest absolute Gasteiger partial charge is 0.246 e. The first-order valence-electron chi connectivity index (χ1n) is 11.3. The summed E-state index contributed by atoms with van der Waals surface area (Å²) < 4.78 is 4.87. The lowest BCUT2D eigenvalue weighted by Crippen LogP contribution is -2.55. The molecule has 6 N–H and O–H groups in total. The molecule has 1 heterocycles. The van der Waals surface area contributed by atoms with E-state index in [1.165, 1.54) is 12.0 Å². The molecule has 1 saturated heterocycles. The van der Waals surface area contributed by atoms with Gasteiger partial charge in [-0.25, -0.2) is 0 Å². The minimum Gasteiger partial charge on any atom is -0.375 e. The zero-order valence-corrected chi connectivity index (χ0v) is 19.4. The standard InChI is InChI=1S/C23H34N6O5/c1-34-15-20(31)28-18(13-16-7-3-2-4-8-16)22(33)29-12-6-10-19(29)21(32)27-17(14-30)9-5-11-26-23(24)25/h2-4,7-8,14,17-19H,5-6,9-13,15H2,1H3,(H,27,32)(H,28,31)(H4,24,25,26)/t17-,18+,19-/m0/s1. The van der Waals surface area contributed by atoms with Gasteiger partial charge < -0.3 is 36.5 Å². The number of benzene rings is 1. The van der Waals surface area contributed by atoms with Gasteiger partial charge in [0.25, 0.3) is 0 Å². The molecule has 1 aromatic carbocycles. The zero-order valence-electron chi connectivity index (χ0n) is 19.4. The molecular formula is C23H34N6O5. The predicted molar refractivity (Wildman–Crippen MR) is 127 cm³/mol. The number of nitrogens with one attached hydrogen (secondary N) is 2. The molecule has 11 nitrogen and oxygen atoms in total. The Balaban J connectivity index is 2.06. The van der Waals surface area contributed by atoms with Crippen LogP contribution >= 0.6 is 0 Å². The summed E-state index contributed by atoms with van der Waals surface area (Å²) >= 11 is 0. The van der Waals surface area contributed by atoms with Crippen molar-refractivity contribution in [1.82, 2.24) is 15.5 Å². The maximum Gasteiger partial charge on any atom is 0.246 e. The van der Waals surface area contributed by atoms with Gasteiger partial charge in [-0.1, -0.05) is 30.3 Å². The summed E-state index contributed by atoms with van der Waals surface area (Å²) in [4.78, 5) is 55.3. The molecule has 0 aromatic heterocycles. The number of amides is 3. The molecule has 1 fully saturated rings. The minimum absolute atomic E-state index is 0.0329. The summed E-state index contributed by atoms with van der Waals surface area (Å²) in [5, 5.41) is 5.43. The largest absolute Gasteiger partial charge is 0.375 e. The van der Waals surface area contributed by atoms with Crippen LogP contribution in [0.5, 0.6) is 0 Å². The first kappa shape index (κ1) is 26.8. The van der Waals surface area contributed by atoms with Crippen LogP contribution in [0.3, 0.4) is 0 Å². The molecular weight excluding hydrogens is 440 g/mol. The summed E-state index contributed by atoms with van der Waals surface area (Å²) in [7, 11) is 1.40. The zero-order chi connectivity index (χ0) is 24.9. The molecule has 0 radical (unpaired) electrons. The van der Waals surface area contributed by atoms with E-state index in [1.807, 2.05) is 30.3 Å². The number of carbonyl (C=O) groups excluding carboxylic acids is 4. The summed E-state index contributed by atoms with van der Waals surface area (Å²) in [6.07, 6.45) is 2.95. The average molecular weight is 475 g/mol. The molecule has 3 amide bonds. The number of hydrogen-bond acceptors (Lipinski definition) is 6. The Hall–Kier alpha value is -3.47. The highest BCUT2D eigenvalue weighted by Gasteiger charge is 2.38. The van der Waals surface area contributed by atoms with Gasteiger partial charge in [-0.05, 0) is 31.2 Å². The van der Waals surface area contributed by atoms with Crippen molar-refractivity contribution < 1.29 is 23.9 Å². The van der Waals surface area contributed by atoms with E-state index < -0.39 is 29.9 Å². The van der Waals surface area contributed by atoms with Crippen molar-refractivity contribution in [1.29, 1.82) is 0 Å². The number of nitrogens with zero attached hydrogens (tertiary/aromatic N) is 2. The normalized spacial score (nSPS) is 16.9. The molecule has 0 spiro atoms. The fourth-order valence-corrected chi connectivity index (χ4v) is 3.89. The van der Waals surface area contributed by atoms with Crippen LogP contribution < -0.4 is 22.1 Å². The molecule has 34 heavy (non-hydrogen) atoms. The second-order valence-corrected chi connectivity index (χ2v) is 8.13. The molecule has 1 aliphatic heterocycles. The van der Waals surface area contributed by atoms with Gasteiger partial charge in [-0.3, -0.25) is 19.4 Å². The number of aliphatic imine (C=N–C) groups is 1. The minimum atomic E-state index is -0.847. The lowest BCUT2D eigenvalue weighted by molar-refractivity contribution is -0.142. The summed E-state index contributed by atoms with van der Waals surface area (Å²) in [6.45, 7) is 0.556. The van der Waals surface area contributed by atoms with E-state index in [0.29, 0.717) is 45.1 Å². The summed E-state index contributed by atoms with van der Waals surface area (Å²) in [5.41, 5.74) is 11.4. The Morgan fingerprint density at radius 3 is 2.62 bits per heavy atom. The molecule has 3 atom stereocenters. The Bertz CT molecular complexity index is 859. The van der Waals surface area contributed by atoms with Crippen LogP contribution in [0.4, 0.5) is 0 Å². The number of carbonyl (C=O) groups is 4. The number of nitrogens with two attached hydrogens (primary N) is 2. The van der Waals surface area contributed by atoms with E-state index in [2.05, 4.69) is 15.6 Å². The monoisotopic (exact) mass is 474 g/mol. The Kier molecular flexibility index (Phi) is 11.0. The highest BCUT2D eigenvalue weighted by atomic mass is 16.5. The maximum atomic E-state index is 13.4. The van der Waals surface area contributed by atoms with Gasteiger partial charge in [0, 0.05) is 26.6 Å². The van der Waals surface area contributed by atoms with Crippen molar-refractivity contribution in [3.05, 3.63) is 35.9 Å². The number of ether oxygens (including phenoxy) is 1. The number of likely N-dealkylation sites (tertiary alicyclic amines) is 1. The predicted octanol–water partition coefficient (Wildman–Crippen LogP) is -0.911. The molecule has 0 saturated carbocycles. The number of aldehydes is 1. The molecule has 0 aliphatic carbocycles. The van der Waals surface area contributed by atoms with Crippen LogP contribution in [-0.2, 0) is 30.3 Å². The van der Waals surface area contributed by atoms with Crippen molar-refractivity contribution in [2.24, 2.45) is 16.5 Å². The van der Waals surface area contributed by atoms with E-state index >= 15 is 0 Å². The lowest BCUT2D eigenvalue weighted by atomic mass is 10.0. The highest BCUT2D eigenvalue weighted by Crippen LogP contribution is 2.20. The second-order valence-electron chi connectivity index (χ2n) is 8.13. The van der Waals surface area contributed by atoms with Gasteiger partial charge in [0.05, 0.1) is 6.04 Å². The topological polar surface area (TPSA) is 169 Å². The van der Waals surface area contributed by atoms with Crippen LogP contribution in [0.25, 0.3) is 0 Å². The van der Waals surface area contributed by atoms with Crippen molar-refractivity contribution in [3.8, 4) is 0 Å². The van der Waals surface area contributed by atoms with E-state index in [1.54, 1.807) is 0 Å². The third-order valence-electron chi connectivity index (χ3n) is 5.49. The molecule has 0 unspecified atom stereocenters. The van der Waals surface area contributed by atoms with Crippen molar-refractivity contribution in [2.45, 2.75) is 50.2 Å². The van der Waals surface area contributed by atoms with Gasteiger partial charge in [0.15, 0.2) is 5.96 Å². The van der Waals surface area contributed by atoms with Gasteiger partial charge in [-0.2, -0.15) is 0 Å². The fraction of sp³-hybridized carbons (Fsp3) is 0.522. The van der Waals surface area contributed by atoms with Crippen LogP contribution in [0.15, 0.2) is 35.3 Å².